The molecule has 1 aliphatic heterocycles. The number of benzene rings is 1. The molecule has 9 heteroatoms. The van der Waals surface area contributed by atoms with E-state index in [0.717, 1.165) is 55.1 Å². The van der Waals surface area contributed by atoms with E-state index in [1.165, 1.54) is 16.2 Å². The number of aromatic nitrogens is 2. The van der Waals surface area contributed by atoms with Crippen molar-refractivity contribution in [1.29, 1.82) is 0 Å². The maximum Gasteiger partial charge on any atom is 0.407 e. The molecule has 3 N–H and O–H groups in total. The van der Waals surface area contributed by atoms with Crippen LogP contribution in [-0.2, 0) is 6.54 Å². The molecule has 4 rings (SSSR count). The number of primary amides is 1. The summed E-state index contributed by atoms with van der Waals surface area (Å²) in [6.07, 6.45) is 1.93. The van der Waals surface area contributed by atoms with E-state index in [1.807, 2.05) is 35.7 Å². The summed E-state index contributed by atoms with van der Waals surface area (Å²) in [6, 6.07) is 13.1. The van der Waals surface area contributed by atoms with Crippen molar-refractivity contribution in [3.63, 3.8) is 0 Å². The minimum atomic E-state index is -0.901. The average molecular weight is 466 g/mol. The molecule has 1 aliphatic rings. The third-order valence-electron chi connectivity index (χ3n) is 6.03. The second kappa shape index (κ2) is 10.4. The van der Waals surface area contributed by atoms with Crippen molar-refractivity contribution < 1.29 is 14.7 Å². The Bertz CT molecular complexity index is 1100. The molecule has 0 aliphatic carbocycles. The molecular formula is C24H27N5O3S. The zero-order valence-electron chi connectivity index (χ0n) is 18.3. The van der Waals surface area contributed by atoms with Crippen LogP contribution < -0.4 is 10.6 Å². The number of nitrogens with zero attached hydrogens (tertiary/aromatic N) is 4. The largest absolute Gasteiger partial charge is 0.465 e. The molecule has 2 amide bonds. The van der Waals surface area contributed by atoms with Gasteiger partial charge in [0.25, 0.3) is 0 Å². The second-order valence-corrected chi connectivity index (χ2v) is 8.95. The second-order valence-electron chi connectivity index (χ2n) is 8.23. The van der Waals surface area contributed by atoms with E-state index in [4.69, 9.17) is 10.7 Å². The molecule has 0 radical (unpaired) electrons. The first-order valence-electron chi connectivity index (χ1n) is 11.0. The number of hydrogen-bond donors (Lipinski definition) is 2. The smallest absolute Gasteiger partial charge is 0.407 e. The van der Waals surface area contributed by atoms with Gasteiger partial charge in [-0.2, -0.15) is 0 Å². The molecule has 0 atom stereocenters. The Balaban J connectivity index is 1.33. The van der Waals surface area contributed by atoms with Crippen LogP contribution >= 0.6 is 11.3 Å². The number of hydrogen-bond acceptors (Lipinski definition) is 6. The molecule has 1 fully saturated rings. The standard InChI is InChI=1S/C24H27N5O3S/c25-23(30)19-4-1-3-18(13-19)21-5-2-6-22(27-21)28-10-7-17(8-11-28)9-12-29(24(31)32)14-20-15-33-16-26-20/h1-6,13,15-17H,7-12,14H2,(H2,25,30)(H,31,32). The summed E-state index contributed by atoms with van der Waals surface area (Å²) in [6.45, 7) is 2.61. The van der Waals surface area contributed by atoms with Crippen LogP contribution in [0.1, 0.15) is 35.3 Å². The van der Waals surface area contributed by atoms with Crippen molar-refractivity contribution in [2.45, 2.75) is 25.8 Å². The predicted octanol–water partition coefficient (Wildman–Crippen LogP) is 4.09. The molecule has 172 valence electrons. The van der Waals surface area contributed by atoms with E-state index >= 15 is 0 Å². The van der Waals surface area contributed by atoms with Gasteiger partial charge in [0.05, 0.1) is 23.4 Å². The van der Waals surface area contributed by atoms with Crippen LogP contribution in [0.3, 0.4) is 0 Å². The van der Waals surface area contributed by atoms with E-state index in [9.17, 15) is 14.7 Å². The Hall–Kier alpha value is -3.46. The summed E-state index contributed by atoms with van der Waals surface area (Å²) >= 11 is 1.48. The number of carboxylic acid groups (broad SMARTS) is 1. The Labute approximate surface area is 196 Å². The summed E-state index contributed by atoms with van der Waals surface area (Å²) in [5.41, 5.74) is 10.1. The van der Waals surface area contributed by atoms with Crippen LogP contribution in [-0.4, -0.2) is 51.6 Å². The lowest BCUT2D eigenvalue weighted by Gasteiger charge is -2.33. The van der Waals surface area contributed by atoms with E-state index in [2.05, 4.69) is 9.88 Å². The van der Waals surface area contributed by atoms with Crippen LogP contribution in [0.4, 0.5) is 10.6 Å². The molecule has 0 bridgehead atoms. The molecule has 0 unspecified atom stereocenters. The number of piperidine rings is 1. The fraction of sp³-hybridized carbons (Fsp3) is 0.333. The van der Waals surface area contributed by atoms with Gasteiger partial charge in [0, 0.05) is 36.1 Å². The SMILES string of the molecule is NC(=O)c1cccc(-c2cccc(N3CCC(CCN(Cc4cscn4)C(=O)O)CC3)n2)c1. The number of carbonyl (C=O) groups excluding carboxylic acids is 1. The lowest BCUT2D eigenvalue weighted by atomic mass is 9.93. The van der Waals surface area contributed by atoms with Gasteiger partial charge in [-0.05, 0) is 49.4 Å². The van der Waals surface area contributed by atoms with Crippen LogP contribution in [0.25, 0.3) is 11.3 Å². The van der Waals surface area contributed by atoms with Gasteiger partial charge in [-0.15, -0.1) is 11.3 Å². The predicted molar refractivity (Wildman–Crippen MR) is 128 cm³/mol. The average Bonchev–Trinajstić information content (AvgIpc) is 3.35. The first kappa shape index (κ1) is 22.7. The topological polar surface area (TPSA) is 113 Å². The highest BCUT2D eigenvalue weighted by Crippen LogP contribution is 2.27. The van der Waals surface area contributed by atoms with Gasteiger partial charge in [-0.25, -0.2) is 14.8 Å². The maximum absolute atomic E-state index is 11.6. The Morgan fingerprint density at radius 2 is 1.97 bits per heavy atom. The van der Waals surface area contributed by atoms with Gasteiger partial charge in [0.2, 0.25) is 5.91 Å². The van der Waals surface area contributed by atoms with Gasteiger partial charge in [0.15, 0.2) is 0 Å². The van der Waals surface area contributed by atoms with Crippen molar-refractivity contribution in [3.8, 4) is 11.3 Å². The molecule has 1 aromatic carbocycles. The molecule has 33 heavy (non-hydrogen) atoms. The van der Waals surface area contributed by atoms with Gasteiger partial charge < -0.3 is 20.6 Å². The fourth-order valence-electron chi connectivity index (χ4n) is 4.13. The molecule has 3 heterocycles. The minimum Gasteiger partial charge on any atom is -0.465 e. The van der Waals surface area contributed by atoms with Crippen molar-refractivity contribution in [1.82, 2.24) is 14.9 Å². The zero-order valence-corrected chi connectivity index (χ0v) is 19.1. The zero-order chi connectivity index (χ0) is 23.2. The van der Waals surface area contributed by atoms with Crippen LogP contribution in [0.2, 0.25) is 0 Å². The number of nitrogens with two attached hydrogens (primary N) is 1. The lowest BCUT2D eigenvalue weighted by Crippen LogP contribution is -2.36. The van der Waals surface area contributed by atoms with Crippen molar-refractivity contribution in [2.24, 2.45) is 11.7 Å². The minimum absolute atomic E-state index is 0.339. The third kappa shape index (κ3) is 5.87. The molecule has 3 aromatic rings. The first-order valence-corrected chi connectivity index (χ1v) is 11.9. The van der Waals surface area contributed by atoms with Crippen molar-refractivity contribution in [3.05, 3.63) is 64.6 Å². The summed E-state index contributed by atoms with van der Waals surface area (Å²) in [5, 5.41) is 11.4. The third-order valence-corrected chi connectivity index (χ3v) is 6.67. The highest BCUT2D eigenvalue weighted by Gasteiger charge is 2.22. The molecule has 0 spiro atoms. The van der Waals surface area contributed by atoms with E-state index < -0.39 is 12.0 Å². The molecule has 2 aromatic heterocycles. The fourth-order valence-corrected chi connectivity index (χ4v) is 4.68. The number of rotatable bonds is 8. The summed E-state index contributed by atoms with van der Waals surface area (Å²) in [4.78, 5) is 35.8. The highest BCUT2D eigenvalue weighted by atomic mass is 32.1. The van der Waals surface area contributed by atoms with E-state index in [0.29, 0.717) is 24.6 Å². The Kier molecular flexibility index (Phi) is 7.19. The van der Waals surface area contributed by atoms with Gasteiger partial charge in [-0.3, -0.25) is 4.79 Å². The van der Waals surface area contributed by atoms with Gasteiger partial charge in [0.1, 0.15) is 5.82 Å². The number of anilines is 1. The summed E-state index contributed by atoms with van der Waals surface area (Å²) < 4.78 is 0. The summed E-state index contributed by atoms with van der Waals surface area (Å²) in [5.74, 6) is 0.934. The van der Waals surface area contributed by atoms with Crippen molar-refractivity contribution in [2.75, 3.05) is 24.5 Å². The van der Waals surface area contributed by atoms with Gasteiger partial charge in [-0.1, -0.05) is 18.2 Å². The van der Waals surface area contributed by atoms with Crippen LogP contribution in [0, 0.1) is 5.92 Å². The Morgan fingerprint density at radius 1 is 1.18 bits per heavy atom. The van der Waals surface area contributed by atoms with Crippen LogP contribution in [0.15, 0.2) is 53.4 Å². The monoisotopic (exact) mass is 465 g/mol. The first-order chi connectivity index (χ1) is 16.0. The van der Waals surface area contributed by atoms with E-state index in [-0.39, 0.29) is 0 Å². The number of carbonyl (C=O) groups is 2. The lowest BCUT2D eigenvalue weighted by molar-refractivity contribution is 0.1000. The quantitative estimate of drug-likeness (QED) is 0.518. The van der Waals surface area contributed by atoms with Gasteiger partial charge >= 0.3 is 6.09 Å². The highest BCUT2D eigenvalue weighted by molar-refractivity contribution is 7.07. The number of amides is 2. The van der Waals surface area contributed by atoms with Crippen molar-refractivity contribution >= 4 is 29.2 Å². The maximum atomic E-state index is 11.6. The van der Waals surface area contributed by atoms with Crippen LogP contribution in [0.5, 0.6) is 0 Å². The number of pyridine rings is 1. The Morgan fingerprint density at radius 3 is 2.67 bits per heavy atom. The van der Waals surface area contributed by atoms with E-state index in [1.54, 1.807) is 17.6 Å². The molecular weight excluding hydrogens is 438 g/mol. The normalized spacial score (nSPS) is 14.2. The number of thiazole rings is 1. The molecule has 1 saturated heterocycles. The molecule has 8 nitrogen and oxygen atoms in total. The molecule has 0 saturated carbocycles. The summed E-state index contributed by atoms with van der Waals surface area (Å²) in [7, 11) is 0.